The van der Waals surface area contributed by atoms with Gasteiger partial charge in [0.15, 0.2) is 0 Å². The fourth-order valence-corrected chi connectivity index (χ4v) is 2.02. The normalized spacial score (nSPS) is 20.7. The van der Waals surface area contributed by atoms with E-state index in [1.807, 2.05) is 13.1 Å². The second-order valence-electron chi connectivity index (χ2n) is 3.74. The summed E-state index contributed by atoms with van der Waals surface area (Å²) in [5.41, 5.74) is 5.73. The third-order valence-corrected chi connectivity index (χ3v) is 2.85. The van der Waals surface area contributed by atoms with Crippen LogP contribution in [0.2, 0.25) is 0 Å². The summed E-state index contributed by atoms with van der Waals surface area (Å²) in [6.45, 7) is 1.74. The van der Waals surface area contributed by atoms with Crippen LogP contribution in [0.5, 0.6) is 0 Å². The van der Waals surface area contributed by atoms with E-state index in [1.165, 1.54) is 6.42 Å². The minimum absolute atomic E-state index is 0.435. The molecule has 5 nitrogen and oxygen atoms in total. The van der Waals surface area contributed by atoms with E-state index in [0.29, 0.717) is 12.6 Å². The second kappa shape index (κ2) is 4.44. The van der Waals surface area contributed by atoms with Gasteiger partial charge in [0.1, 0.15) is 18.0 Å². The molecule has 0 bridgehead atoms. The second-order valence-corrected chi connectivity index (χ2v) is 3.74. The summed E-state index contributed by atoms with van der Waals surface area (Å²) in [5.74, 6) is 1.82. The first kappa shape index (κ1) is 10.2. The maximum absolute atomic E-state index is 5.73. The van der Waals surface area contributed by atoms with Gasteiger partial charge >= 0.3 is 0 Å². The molecule has 1 saturated heterocycles. The molecule has 1 aliphatic heterocycles. The molecule has 15 heavy (non-hydrogen) atoms. The van der Waals surface area contributed by atoms with Crippen molar-refractivity contribution < 1.29 is 0 Å². The maximum atomic E-state index is 5.73. The van der Waals surface area contributed by atoms with Crippen LogP contribution < -0.4 is 16.0 Å². The number of anilines is 2. The Kier molecular flexibility index (Phi) is 3.01. The van der Waals surface area contributed by atoms with E-state index >= 15 is 0 Å². The minimum Gasteiger partial charge on any atom is -0.373 e. The summed E-state index contributed by atoms with van der Waals surface area (Å²) < 4.78 is 0. The topological polar surface area (TPSA) is 67.1 Å². The van der Waals surface area contributed by atoms with E-state index in [9.17, 15) is 0 Å². The molecule has 0 aromatic carbocycles. The van der Waals surface area contributed by atoms with Gasteiger partial charge in [-0.15, -0.1) is 0 Å². The Morgan fingerprint density at radius 1 is 1.60 bits per heavy atom. The number of aromatic nitrogens is 2. The van der Waals surface area contributed by atoms with Gasteiger partial charge in [-0.2, -0.15) is 0 Å². The average molecular weight is 207 g/mol. The molecule has 0 saturated carbocycles. The quantitative estimate of drug-likeness (QED) is 0.753. The molecule has 0 unspecified atom stereocenters. The van der Waals surface area contributed by atoms with E-state index in [-0.39, 0.29) is 0 Å². The first-order chi connectivity index (χ1) is 7.35. The third kappa shape index (κ3) is 2.02. The molecule has 0 amide bonds. The molecule has 1 atom stereocenters. The lowest BCUT2D eigenvalue weighted by Crippen LogP contribution is -2.35. The molecule has 82 valence electrons. The van der Waals surface area contributed by atoms with Gasteiger partial charge in [-0.25, -0.2) is 9.97 Å². The van der Waals surface area contributed by atoms with Crippen molar-refractivity contribution in [2.24, 2.45) is 5.73 Å². The van der Waals surface area contributed by atoms with Crippen molar-refractivity contribution in [3.63, 3.8) is 0 Å². The lowest BCUT2D eigenvalue weighted by molar-refractivity contribution is 0.671. The highest BCUT2D eigenvalue weighted by molar-refractivity contribution is 5.49. The zero-order chi connectivity index (χ0) is 10.7. The van der Waals surface area contributed by atoms with Crippen molar-refractivity contribution in [1.82, 2.24) is 9.97 Å². The zero-order valence-electron chi connectivity index (χ0n) is 8.98. The highest BCUT2D eigenvalue weighted by atomic mass is 15.2. The highest BCUT2D eigenvalue weighted by Crippen LogP contribution is 2.23. The van der Waals surface area contributed by atoms with Crippen LogP contribution in [0.25, 0.3) is 0 Å². The summed E-state index contributed by atoms with van der Waals surface area (Å²) in [6, 6.07) is 2.40. The average Bonchev–Trinajstić information content (AvgIpc) is 2.77. The maximum Gasteiger partial charge on any atom is 0.134 e. The fraction of sp³-hybridized carbons (Fsp3) is 0.600. The van der Waals surface area contributed by atoms with Crippen molar-refractivity contribution in [2.75, 3.05) is 30.4 Å². The van der Waals surface area contributed by atoms with Crippen molar-refractivity contribution in [1.29, 1.82) is 0 Å². The minimum atomic E-state index is 0.435. The first-order valence-corrected chi connectivity index (χ1v) is 5.31. The Labute approximate surface area is 89.7 Å². The van der Waals surface area contributed by atoms with Gasteiger partial charge in [0.2, 0.25) is 0 Å². The molecule has 2 heterocycles. The van der Waals surface area contributed by atoms with Gasteiger partial charge in [0, 0.05) is 32.2 Å². The van der Waals surface area contributed by atoms with Gasteiger partial charge < -0.3 is 16.0 Å². The summed E-state index contributed by atoms with van der Waals surface area (Å²) in [7, 11) is 1.86. The van der Waals surface area contributed by atoms with Gasteiger partial charge in [-0.05, 0) is 12.8 Å². The lowest BCUT2D eigenvalue weighted by Gasteiger charge is -2.24. The molecule has 1 aliphatic rings. The molecule has 1 aromatic rings. The van der Waals surface area contributed by atoms with Crippen LogP contribution in [0.1, 0.15) is 12.8 Å². The van der Waals surface area contributed by atoms with Crippen LogP contribution >= 0.6 is 0 Å². The fourth-order valence-electron chi connectivity index (χ4n) is 2.02. The molecule has 0 spiro atoms. The molecule has 0 aliphatic carbocycles. The number of nitrogens with zero attached hydrogens (tertiary/aromatic N) is 3. The zero-order valence-corrected chi connectivity index (χ0v) is 8.98. The highest BCUT2D eigenvalue weighted by Gasteiger charge is 2.24. The predicted octanol–water partition coefficient (Wildman–Crippen LogP) is 0.446. The SMILES string of the molecule is CNc1cc(N2CCC[C@@H]2CN)ncn1. The monoisotopic (exact) mass is 207 g/mol. The van der Waals surface area contributed by atoms with E-state index in [2.05, 4.69) is 20.2 Å². The summed E-state index contributed by atoms with van der Waals surface area (Å²) in [4.78, 5) is 10.7. The standard InChI is InChI=1S/C10H17N5/c1-12-9-5-10(14-7-13-9)15-4-2-3-8(15)6-11/h5,7-8H,2-4,6,11H2,1H3,(H,12,13,14)/t8-/m1/s1. The summed E-state index contributed by atoms with van der Waals surface area (Å²) in [5, 5.41) is 3.01. The molecular weight excluding hydrogens is 190 g/mol. The number of rotatable bonds is 3. The number of nitrogens with two attached hydrogens (primary N) is 1. The number of nitrogens with one attached hydrogen (secondary N) is 1. The van der Waals surface area contributed by atoms with Crippen LogP contribution in [0, 0.1) is 0 Å². The summed E-state index contributed by atoms with van der Waals surface area (Å²) in [6.07, 6.45) is 3.95. The van der Waals surface area contributed by atoms with Gasteiger partial charge in [0.25, 0.3) is 0 Å². The van der Waals surface area contributed by atoms with Crippen molar-refractivity contribution in [2.45, 2.75) is 18.9 Å². The van der Waals surface area contributed by atoms with E-state index in [1.54, 1.807) is 6.33 Å². The molecule has 2 rings (SSSR count). The van der Waals surface area contributed by atoms with Gasteiger partial charge in [-0.3, -0.25) is 0 Å². The Balaban J connectivity index is 2.20. The van der Waals surface area contributed by atoms with Crippen LogP contribution in [0.3, 0.4) is 0 Å². The molecule has 0 radical (unpaired) electrons. The van der Waals surface area contributed by atoms with Gasteiger partial charge in [-0.1, -0.05) is 0 Å². The first-order valence-electron chi connectivity index (χ1n) is 5.31. The van der Waals surface area contributed by atoms with Crippen LogP contribution in [-0.2, 0) is 0 Å². The number of hydrogen-bond acceptors (Lipinski definition) is 5. The Morgan fingerprint density at radius 3 is 3.20 bits per heavy atom. The molecule has 3 N–H and O–H groups in total. The predicted molar refractivity (Wildman–Crippen MR) is 61.0 cm³/mol. The van der Waals surface area contributed by atoms with Crippen molar-refractivity contribution >= 4 is 11.6 Å². The molecule has 1 aromatic heterocycles. The van der Waals surface area contributed by atoms with E-state index in [0.717, 1.165) is 24.6 Å². The molecular formula is C10H17N5. The van der Waals surface area contributed by atoms with Crippen molar-refractivity contribution in [3.8, 4) is 0 Å². The van der Waals surface area contributed by atoms with E-state index < -0.39 is 0 Å². The van der Waals surface area contributed by atoms with Gasteiger partial charge in [0.05, 0.1) is 0 Å². The van der Waals surface area contributed by atoms with Crippen LogP contribution in [0.15, 0.2) is 12.4 Å². The Bertz CT molecular complexity index is 327. The molecule has 1 fully saturated rings. The van der Waals surface area contributed by atoms with Crippen LogP contribution in [0.4, 0.5) is 11.6 Å². The third-order valence-electron chi connectivity index (χ3n) is 2.85. The molecule has 5 heteroatoms. The largest absolute Gasteiger partial charge is 0.373 e. The summed E-state index contributed by atoms with van der Waals surface area (Å²) >= 11 is 0. The Hall–Kier alpha value is -1.36. The Morgan fingerprint density at radius 2 is 2.47 bits per heavy atom. The van der Waals surface area contributed by atoms with E-state index in [4.69, 9.17) is 5.73 Å². The lowest BCUT2D eigenvalue weighted by atomic mass is 10.2. The smallest absolute Gasteiger partial charge is 0.134 e. The van der Waals surface area contributed by atoms with Crippen LogP contribution in [-0.4, -0.2) is 36.1 Å². The number of hydrogen-bond donors (Lipinski definition) is 2. The van der Waals surface area contributed by atoms with Crippen molar-refractivity contribution in [3.05, 3.63) is 12.4 Å².